The molecule has 0 radical (unpaired) electrons. The van der Waals surface area contributed by atoms with Gasteiger partial charge in [0, 0.05) is 23.2 Å². The van der Waals surface area contributed by atoms with Crippen molar-refractivity contribution in [3.63, 3.8) is 0 Å². The molecule has 6 aromatic rings. The Morgan fingerprint density at radius 1 is 1.06 bits per heavy atom. The first-order chi connectivity index (χ1) is 24.9. The van der Waals surface area contributed by atoms with Crippen molar-refractivity contribution in [2.75, 3.05) is 19.0 Å². The van der Waals surface area contributed by atoms with Crippen molar-refractivity contribution in [1.29, 1.82) is 0 Å². The van der Waals surface area contributed by atoms with Crippen molar-refractivity contribution in [1.82, 2.24) is 25.0 Å². The molecule has 256 valence electrons. The molecule has 1 amide bonds. The number of anilines is 1. The van der Waals surface area contributed by atoms with Crippen LogP contribution in [0.15, 0.2) is 64.0 Å². The molecule has 12 heteroatoms. The van der Waals surface area contributed by atoms with Crippen LogP contribution in [-0.4, -0.2) is 44.6 Å². The number of nitrogens with zero attached hydrogens (tertiary/aromatic N) is 4. The van der Waals surface area contributed by atoms with E-state index in [4.69, 9.17) is 19.2 Å². The lowest BCUT2D eigenvalue weighted by atomic mass is 9.89. The summed E-state index contributed by atoms with van der Waals surface area (Å²) in [6.07, 6.45) is 7.55. The number of aromatic amines is 1. The van der Waals surface area contributed by atoms with E-state index in [0.29, 0.717) is 29.7 Å². The standard InChI is InChI=1S/C39H33FN6O4S/c1-49-29-6-2-4-24-25(29)11-12-26(24)43-37-35-21(13-14-41-37)18-30(51-35)32-31(36-44-39(48)50-45-36)27(17-20-8-7-19-16-22(40)9-10-23(19)20)42-34-28-5-3-15-46(28)38(47)33(32)34/h2,4,6,9-10,13-14,16,18,20,26,28H,3,5,7-8,11-12,15,17H2,1H3,(H,41,43)(H,44,45,48)/t20-,26+,28-/m0/s1. The minimum atomic E-state index is -0.684. The van der Waals surface area contributed by atoms with Gasteiger partial charge in [0.15, 0.2) is 5.82 Å². The number of methoxy groups -OCH3 is 1. The highest BCUT2D eigenvalue weighted by atomic mass is 32.1. The van der Waals surface area contributed by atoms with Gasteiger partial charge in [0.1, 0.15) is 17.4 Å². The molecule has 6 heterocycles. The van der Waals surface area contributed by atoms with E-state index < -0.39 is 5.76 Å². The molecule has 4 aliphatic rings. The maximum absolute atomic E-state index is 14.3. The van der Waals surface area contributed by atoms with Gasteiger partial charge in [0.05, 0.1) is 46.4 Å². The summed E-state index contributed by atoms with van der Waals surface area (Å²) < 4.78 is 25.9. The average molecular weight is 701 g/mol. The summed E-state index contributed by atoms with van der Waals surface area (Å²) in [5, 5.41) is 8.89. The van der Waals surface area contributed by atoms with Crippen LogP contribution < -0.4 is 15.8 Å². The number of H-pyrrole nitrogens is 1. The minimum absolute atomic E-state index is 0.0548. The van der Waals surface area contributed by atoms with E-state index in [2.05, 4.69) is 27.6 Å². The number of carbonyl (C=O) groups excluding carboxylic acids is 1. The van der Waals surface area contributed by atoms with Gasteiger partial charge >= 0.3 is 5.76 Å². The Bertz CT molecular complexity index is 2470. The van der Waals surface area contributed by atoms with Gasteiger partial charge in [-0.05, 0) is 109 Å². The first-order valence-corrected chi connectivity index (χ1v) is 18.3. The van der Waals surface area contributed by atoms with Crippen LogP contribution in [0, 0.1) is 5.82 Å². The zero-order valence-corrected chi connectivity index (χ0v) is 28.6. The highest BCUT2D eigenvalue weighted by Crippen LogP contribution is 2.51. The van der Waals surface area contributed by atoms with E-state index >= 15 is 0 Å². The zero-order valence-electron chi connectivity index (χ0n) is 27.8. The Balaban J connectivity index is 1.15. The van der Waals surface area contributed by atoms with E-state index in [1.165, 1.54) is 17.2 Å². The van der Waals surface area contributed by atoms with Gasteiger partial charge in [-0.25, -0.2) is 14.2 Å². The lowest BCUT2D eigenvalue weighted by Gasteiger charge is -2.19. The predicted octanol–water partition coefficient (Wildman–Crippen LogP) is 7.51. The Kier molecular flexibility index (Phi) is 6.92. The SMILES string of the molecule is COc1cccc2c1CC[C@H]2Nc1nccc2cc(-c3c4c(nc(C[C@@H]5CCc6cc(F)ccc65)c3-c3noc(=O)[nH]3)[C@@H]3CCCN3C4=O)sc12. The van der Waals surface area contributed by atoms with Crippen molar-refractivity contribution in [2.45, 2.75) is 62.9 Å². The quantitative estimate of drug-likeness (QED) is 0.175. The number of hydrogen-bond acceptors (Lipinski definition) is 9. The summed E-state index contributed by atoms with van der Waals surface area (Å²) in [5.41, 5.74) is 7.92. The van der Waals surface area contributed by atoms with Crippen molar-refractivity contribution >= 4 is 33.1 Å². The topological polar surface area (TPSA) is 126 Å². The summed E-state index contributed by atoms with van der Waals surface area (Å²) in [4.78, 5) is 42.4. The number of aryl methyl sites for hydroxylation is 1. The van der Waals surface area contributed by atoms with Crippen LogP contribution in [-0.2, 0) is 19.3 Å². The molecule has 2 aliphatic heterocycles. The van der Waals surface area contributed by atoms with Crippen molar-refractivity contribution in [2.24, 2.45) is 0 Å². The second-order valence-corrected chi connectivity index (χ2v) is 15.0. The number of hydrogen-bond donors (Lipinski definition) is 2. The van der Waals surface area contributed by atoms with Gasteiger partial charge < -0.3 is 15.0 Å². The van der Waals surface area contributed by atoms with Gasteiger partial charge in [-0.1, -0.05) is 23.4 Å². The molecule has 51 heavy (non-hydrogen) atoms. The fraction of sp³-hybridized carbons (Fsp3) is 0.308. The number of thiophene rings is 1. The van der Waals surface area contributed by atoms with Gasteiger partial charge in [-0.3, -0.25) is 19.3 Å². The Hall–Kier alpha value is -5.36. The maximum Gasteiger partial charge on any atom is 0.439 e. The number of rotatable bonds is 7. The molecule has 2 aromatic carbocycles. The fourth-order valence-electron chi connectivity index (χ4n) is 8.97. The van der Waals surface area contributed by atoms with Gasteiger partial charge in [-0.2, -0.15) is 0 Å². The molecule has 2 aliphatic carbocycles. The molecule has 0 spiro atoms. The highest BCUT2D eigenvalue weighted by Gasteiger charge is 2.45. The second-order valence-electron chi connectivity index (χ2n) is 13.9. The molecule has 10 nitrogen and oxygen atoms in total. The van der Waals surface area contributed by atoms with E-state index in [0.717, 1.165) is 87.6 Å². The summed E-state index contributed by atoms with van der Waals surface area (Å²) in [7, 11) is 1.71. The lowest BCUT2D eigenvalue weighted by Crippen LogP contribution is -2.22. The van der Waals surface area contributed by atoms with Crippen LogP contribution in [0.1, 0.15) is 87.7 Å². The largest absolute Gasteiger partial charge is 0.496 e. The van der Waals surface area contributed by atoms with Crippen molar-refractivity contribution in [3.8, 4) is 27.6 Å². The number of fused-ring (bicyclic) bond motifs is 6. The smallest absolute Gasteiger partial charge is 0.439 e. The second kappa shape index (κ2) is 11.6. The fourth-order valence-corrected chi connectivity index (χ4v) is 10.1. The molecule has 0 bridgehead atoms. The number of ether oxygens (including phenoxy) is 1. The molecular weight excluding hydrogens is 668 g/mol. The zero-order chi connectivity index (χ0) is 34.4. The molecule has 1 saturated heterocycles. The highest BCUT2D eigenvalue weighted by molar-refractivity contribution is 7.23. The summed E-state index contributed by atoms with van der Waals surface area (Å²) in [5.74, 6) is 1.02. The van der Waals surface area contributed by atoms with Crippen LogP contribution in [0.5, 0.6) is 5.75 Å². The third-order valence-electron chi connectivity index (χ3n) is 11.2. The first-order valence-electron chi connectivity index (χ1n) is 17.5. The Labute approximate surface area is 295 Å². The van der Waals surface area contributed by atoms with Crippen LogP contribution in [0.25, 0.3) is 31.9 Å². The summed E-state index contributed by atoms with van der Waals surface area (Å²) in [6.45, 7) is 0.671. The molecular formula is C39H33FN6O4S. The monoisotopic (exact) mass is 700 g/mol. The van der Waals surface area contributed by atoms with Gasteiger partial charge in [-0.15, -0.1) is 11.3 Å². The van der Waals surface area contributed by atoms with Gasteiger partial charge in [0.25, 0.3) is 5.91 Å². The van der Waals surface area contributed by atoms with Crippen LogP contribution in [0.4, 0.5) is 10.2 Å². The normalized spacial score (nSPS) is 20.2. The third-order valence-corrected chi connectivity index (χ3v) is 12.4. The lowest BCUT2D eigenvalue weighted by molar-refractivity contribution is 0.0776. The molecule has 0 unspecified atom stereocenters. The summed E-state index contributed by atoms with van der Waals surface area (Å²) >= 11 is 1.56. The van der Waals surface area contributed by atoms with Crippen LogP contribution in [0.2, 0.25) is 0 Å². The maximum atomic E-state index is 14.3. The van der Waals surface area contributed by atoms with Crippen molar-refractivity contribution in [3.05, 3.63) is 110 Å². The predicted molar refractivity (Wildman–Crippen MR) is 191 cm³/mol. The number of amides is 1. The van der Waals surface area contributed by atoms with Crippen molar-refractivity contribution < 1.29 is 18.4 Å². The van der Waals surface area contributed by atoms with Crippen LogP contribution >= 0.6 is 11.3 Å². The van der Waals surface area contributed by atoms with Gasteiger partial charge in [0.2, 0.25) is 0 Å². The van der Waals surface area contributed by atoms with E-state index in [-0.39, 0.29) is 35.6 Å². The molecule has 3 atom stereocenters. The number of halogens is 1. The molecule has 2 N–H and O–H groups in total. The third kappa shape index (κ3) is 4.76. The first kappa shape index (κ1) is 30.5. The number of aromatic nitrogens is 4. The van der Waals surface area contributed by atoms with E-state index in [9.17, 15) is 14.0 Å². The molecule has 10 rings (SSSR count). The number of pyridine rings is 2. The Morgan fingerprint density at radius 3 is 2.84 bits per heavy atom. The average Bonchev–Trinajstić information content (AvgIpc) is 3.99. The van der Waals surface area contributed by atoms with Crippen LogP contribution in [0.3, 0.4) is 0 Å². The minimum Gasteiger partial charge on any atom is -0.496 e. The molecule has 4 aromatic heterocycles. The number of carbonyl (C=O) groups is 1. The van der Waals surface area contributed by atoms with E-state index in [1.807, 2.05) is 35.4 Å². The molecule has 0 saturated carbocycles. The number of nitrogens with one attached hydrogen (secondary N) is 2. The Morgan fingerprint density at radius 2 is 1.98 bits per heavy atom. The molecule has 1 fully saturated rings. The summed E-state index contributed by atoms with van der Waals surface area (Å²) in [6, 6.07) is 15.2. The van der Waals surface area contributed by atoms with E-state index in [1.54, 1.807) is 24.5 Å². The number of benzene rings is 2.